The van der Waals surface area contributed by atoms with Gasteiger partial charge in [0.25, 0.3) is 0 Å². The van der Waals surface area contributed by atoms with Gasteiger partial charge in [-0.2, -0.15) is 0 Å². The van der Waals surface area contributed by atoms with Crippen LogP contribution in [-0.4, -0.2) is 51.7 Å². The van der Waals surface area contributed by atoms with Gasteiger partial charge in [0.1, 0.15) is 17.3 Å². The van der Waals surface area contributed by atoms with E-state index in [1.165, 1.54) is 5.56 Å². The number of rotatable bonds is 16. The zero-order valence-electron chi connectivity index (χ0n) is 20.1. The van der Waals surface area contributed by atoms with Crippen LogP contribution in [-0.2, 0) is 31.8 Å². The van der Waals surface area contributed by atoms with E-state index in [-0.39, 0.29) is 24.8 Å². The Kier molecular flexibility index (Phi) is 10.4. The maximum Gasteiger partial charge on any atom is 0.405 e. The molecule has 1 aliphatic heterocycles. The first kappa shape index (κ1) is 25.8. The third-order valence-corrected chi connectivity index (χ3v) is 5.62. The summed E-state index contributed by atoms with van der Waals surface area (Å²) in [6.07, 6.45) is 3.72. The molecule has 3 rings (SSSR count). The molecule has 0 spiro atoms. The molecule has 0 radical (unpaired) electrons. The predicted molar refractivity (Wildman–Crippen MR) is 131 cm³/mol. The van der Waals surface area contributed by atoms with Crippen molar-refractivity contribution in [1.29, 1.82) is 0 Å². The number of carbonyl (C=O) groups is 2. The van der Waals surface area contributed by atoms with Crippen molar-refractivity contribution in [3.8, 4) is 11.5 Å². The molecule has 1 atom stereocenters. The Hall–Kier alpha value is -2.84. The Labute approximate surface area is 202 Å². The molecule has 0 bridgehead atoms. The Morgan fingerprint density at radius 3 is 2.32 bits per heavy atom. The molecule has 1 N–H and O–H groups in total. The number of methoxy groups -OCH3 is 1. The first-order valence-electron chi connectivity index (χ1n) is 12.0. The van der Waals surface area contributed by atoms with Gasteiger partial charge in [0.15, 0.2) is 0 Å². The van der Waals surface area contributed by atoms with E-state index in [0.29, 0.717) is 45.4 Å². The third-order valence-electron chi connectivity index (χ3n) is 5.62. The van der Waals surface area contributed by atoms with Gasteiger partial charge in [-0.15, -0.1) is 0 Å². The molecule has 1 saturated heterocycles. The zero-order valence-corrected chi connectivity index (χ0v) is 20.1. The Bertz CT molecular complexity index is 899. The molecule has 7 nitrogen and oxygen atoms in total. The Morgan fingerprint density at radius 2 is 1.68 bits per heavy atom. The van der Waals surface area contributed by atoms with E-state index in [2.05, 4.69) is 5.23 Å². The summed E-state index contributed by atoms with van der Waals surface area (Å²) < 4.78 is 21.1. The van der Waals surface area contributed by atoms with Crippen LogP contribution in [0.3, 0.4) is 0 Å². The van der Waals surface area contributed by atoms with Crippen molar-refractivity contribution in [2.45, 2.75) is 51.5 Å². The van der Waals surface area contributed by atoms with Crippen LogP contribution in [0.25, 0.3) is 0 Å². The highest BCUT2D eigenvalue weighted by atomic mass is 16.5. The lowest BCUT2D eigenvalue weighted by molar-refractivity contribution is -0.143. The van der Waals surface area contributed by atoms with Crippen LogP contribution < -0.4 is 14.7 Å². The lowest BCUT2D eigenvalue weighted by Crippen LogP contribution is -2.42. The summed E-state index contributed by atoms with van der Waals surface area (Å²) >= 11 is 0. The average molecular weight is 467 g/mol. The molecule has 1 fully saturated rings. The second-order valence-corrected chi connectivity index (χ2v) is 8.31. The van der Waals surface area contributed by atoms with E-state index in [1.807, 2.05) is 48.5 Å². The molecule has 0 aromatic heterocycles. The van der Waals surface area contributed by atoms with Crippen LogP contribution in [0.1, 0.15) is 43.7 Å². The summed E-state index contributed by atoms with van der Waals surface area (Å²) in [5.41, 5.74) is 2.25. The summed E-state index contributed by atoms with van der Waals surface area (Å²) in [6.45, 7) is 3.29. The molecule has 0 aliphatic carbocycles. The predicted octanol–water partition coefficient (Wildman–Crippen LogP) is 3.57. The van der Waals surface area contributed by atoms with Crippen LogP contribution >= 0.6 is 0 Å². The molecule has 1 heterocycles. The molecule has 8 heteroatoms. The first-order chi connectivity index (χ1) is 16.6. The van der Waals surface area contributed by atoms with E-state index in [4.69, 9.17) is 18.9 Å². The summed E-state index contributed by atoms with van der Waals surface area (Å²) in [7, 11) is 1.62. The second-order valence-electron chi connectivity index (χ2n) is 8.31. The Balaban J connectivity index is 1.44. The lowest BCUT2D eigenvalue weighted by Gasteiger charge is -2.17. The van der Waals surface area contributed by atoms with Gasteiger partial charge in [-0.3, -0.25) is 9.59 Å². The molecular formula is C26H34BNO6. The second kappa shape index (κ2) is 13.8. The van der Waals surface area contributed by atoms with Crippen LogP contribution in [0.2, 0.25) is 0 Å². The number of carbonyl (C=O) groups excluding carboxylic acids is 2. The van der Waals surface area contributed by atoms with Crippen molar-refractivity contribution in [3.05, 3.63) is 59.7 Å². The zero-order chi connectivity index (χ0) is 24.2. The maximum atomic E-state index is 12.9. The highest BCUT2D eigenvalue weighted by Gasteiger charge is 2.34. The number of benzene rings is 2. The summed E-state index contributed by atoms with van der Waals surface area (Å²) in [4.78, 5) is 24.3. The number of hydrogen-bond acceptors (Lipinski definition) is 7. The molecule has 1 aliphatic rings. The topological polar surface area (TPSA) is 86.4 Å². The first-order valence-corrected chi connectivity index (χ1v) is 12.0. The number of hydrogen-bond donors (Lipinski definition) is 1. The smallest absolute Gasteiger partial charge is 0.405 e. The molecule has 182 valence electrons. The fourth-order valence-corrected chi connectivity index (χ4v) is 3.66. The van der Waals surface area contributed by atoms with Gasteiger partial charge in [-0.1, -0.05) is 24.3 Å². The van der Waals surface area contributed by atoms with Gasteiger partial charge in [0.05, 0.1) is 32.9 Å². The van der Waals surface area contributed by atoms with Crippen LogP contribution in [0, 0.1) is 0 Å². The molecule has 0 amide bonds. The van der Waals surface area contributed by atoms with E-state index >= 15 is 0 Å². The van der Waals surface area contributed by atoms with Gasteiger partial charge in [-0.25, -0.2) is 0 Å². The van der Waals surface area contributed by atoms with Gasteiger partial charge >= 0.3 is 13.0 Å². The SMILES string of the molecule is CCOC(=O)CCCOc1ccc(C[C@H](NB2CO2)C(=O)CCCc2ccc(OC)cc2)cc1. The minimum Gasteiger partial charge on any atom is -0.497 e. The summed E-state index contributed by atoms with van der Waals surface area (Å²) in [5, 5.41) is 3.32. The molecule has 34 heavy (non-hydrogen) atoms. The van der Waals surface area contributed by atoms with E-state index in [1.54, 1.807) is 14.0 Å². The Morgan fingerprint density at radius 1 is 1.00 bits per heavy atom. The highest BCUT2D eigenvalue weighted by molar-refractivity contribution is 6.57. The quantitative estimate of drug-likeness (QED) is 0.175. The van der Waals surface area contributed by atoms with Crippen molar-refractivity contribution in [2.24, 2.45) is 0 Å². The van der Waals surface area contributed by atoms with Crippen LogP contribution in [0.15, 0.2) is 48.5 Å². The minimum absolute atomic E-state index is 0.0301. The van der Waals surface area contributed by atoms with Crippen molar-refractivity contribution in [1.82, 2.24) is 5.23 Å². The van der Waals surface area contributed by atoms with Gasteiger partial charge in [0, 0.05) is 12.8 Å². The van der Waals surface area contributed by atoms with Crippen molar-refractivity contribution < 1.29 is 28.5 Å². The fraction of sp³-hybridized carbons (Fsp3) is 0.462. The summed E-state index contributed by atoms with van der Waals surface area (Å²) in [5.74, 6) is 1.58. The molecular weight excluding hydrogens is 433 g/mol. The van der Waals surface area contributed by atoms with Crippen LogP contribution in [0.5, 0.6) is 11.5 Å². The molecule has 0 unspecified atom stereocenters. The highest BCUT2D eigenvalue weighted by Crippen LogP contribution is 2.17. The van der Waals surface area contributed by atoms with Crippen molar-refractivity contribution >= 4 is 18.8 Å². The standard InChI is InChI=1S/C26H34BNO6/c1-3-32-26(30)8-5-17-33-23-15-11-21(12-16-23)18-24(28-27-19-34-27)25(29)7-4-6-20-9-13-22(31-2)14-10-20/h9-16,24,28H,3-8,17-19H2,1-2H3/t24-/m0/s1. The summed E-state index contributed by atoms with van der Waals surface area (Å²) in [6, 6.07) is 15.5. The van der Waals surface area contributed by atoms with E-state index < -0.39 is 0 Å². The molecule has 2 aromatic carbocycles. The van der Waals surface area contributed by atoms with Crippen LogP contribution in [0.4, 0.5) is 0 Å². The van der Waals surface area contributed by atoms with Gasteiger partial charge in [-0.05, 0) is 68.0 Å². The van der Waals surface area contributed by atoms with Crippen molar-refractivity contribution in [2.75, 3.05) is 26.8 Å². The normalized spacial score (nSPS) is 13.3. The van der Waals surface area contributed by atoms with Gasteiger partial charge in [0.2, 0.25) is 0 Å². The number of nitrogens with one attached hydrogen (secondary N) is 1. The number of ether oxygens (including phenoxy) is 3. The average Bonchev–Trinajstić information content (AvgIpc) is 3.67. The molecule has 0 saturated carbocycles. The number of aryl methyl sites for hydroxylation is 1. The largest absolute Gasteiger partial charge is 0.497 e. The van der Waals surface area contributed by atoms with E-state index in [0.717, 1.165) is 29.9 Å². The molecule has 2 aromatic rings. The minimum atomic E-state index is -0.278. The fourth-order valence-electron chi connectivity index (χ4n) is 3.66. The number of Topliss-reactive ketones (excluding diaryl/α,β-unsaturated/α-hetero) is 1. The van der Waals surface area contributed by atoms with Crippen molar-refractivity contribution in [3.63, 3.8) is 0 Å². The maximum absolute atomic E-state index is 12.9. The van der Waals surface area contributed by atoms with Gasteiger partial charge < -0.3 is 24.1 Å². The van der Waals surface area contributed by atoms with E-state index in [9.17, 15) is 9.59 Å². The monoisotopic (exact) mass is 467 g/mol. The number of ketones is 1. The lowest BCUT2D eigenvalue weighted by atomic mass is 9.89. The third kappa shape index (κ3) is 9.19. The number of esters is 1.